The molecule has 0 aliphatic heterocycles. The van der Waals surface area contributed by atoms with Gasteiger partial charge in [-0.25, -0.2) is 12.7 Å². The average Bonchev–Trinajstić information content (AvgIpc) is 3.09. The zero-order valence-corrected chi connectivity index (χ0v) is 16.0. The summed E-state index contributed by atoms with van der Waals surface area (Å²) in [4.78, 5) is 13.9. The Labute approximate surface area is 153 Å². The minimum atomic E-state index is -3.26. The maximum atomic E-state index is 12.4. The Hall–Kier alpha value is -1.83. The number of halogens is 1. The second-order valence-corrected chi connectivity index (χ2v) is 8.42. The second kappa shape index (κ2) is 8.03. The van der Waals surface area contributed by atoms with E-state index in [2.05, 4.69) is 0 Å². The van der Waals surface area contributed by atoms with Gasteiger partial charge in [-0.3, -0.25) is 4.79 Å². The van der Waals surface area contributed by atoms with Gasteiger partial charge in [0.1, 0.15) is 5.76 Å². The number of amides is 1. The van der Waals surface area contributed by atoms with Gasteiger partial charge in [0.25, 0.3) is 5.91 Å². The van der Waals surface area contributed by atoms with Crippen molar-refractivity contribution < 1.29 is 17.6 Å². The first-order valence-corrected chi connectivity index (χ1v) is 9.78. The Morgan fingerprint density at radius 2 is 1.72 bits per heavy atom. The number of hydrogen-bond acceptors (Lipinski definition) is 4. The smallest absolute Gasteiger partial charge is 0.289 e. The topological polar surface area (TPSA) is 70.8 Å². The molecule has 0 aliphatic carbocycles. The van der Waals surface area contributed by atoms with Crippen molar-refractivity contribution in [3.63, 3.8) is 0 Å². The number of furan rings is 1. The van der Waals surface area contributed by atoms with Crippen molar-refractivity contribution >= 4 is 27.5 Å². The lowest BCUT2D eigenvalue weighted by atomic mass is 10.2. The molecule has 0 aliphatic rings. The highest BCUT2D eigenvalue weighted by molar-refractivity contribution is 7.89. The highest BCUT2D eigenvalue weighted by Crippen LogP contribution is 2.24. The highest BCUT2D eigenvalue weighted by atomic mass is 35.5. The van der Waals surface area contributed by atoms with Crippen LogP contribution in [0.2, 0.25) is 5.02 Å². The van der Waals surface area contributed by atoms with Crippen LogP contribution in [-0.4, -0.2) is 56.5 Å². The van der Waals surface area contributed by atoms with Gasteiger partial charge < -0.3 is 9.32 Å². The third-order valence-electron chi connectivity index (χ3n) is 3.88. The molecule has 6 nitrogen and oxygen atoms in total. The minimum Gasteiger partial charge on any atom is -0.451 e. The molecule has 0 fully saturated rings. The second-order valence-electron chi connectivity index (χ2n) is 5.62. The molecule has 0 saturated heterocycles. The summed E-state index contributed by atoms with van der Waals surface area (Å²) >= 11 is 5.86. The predicted octanol–water partition coefficient (Wildman–Crippen LogP) is 2.95. The van der Waals surface area contributed by atoms with Crippen molar-refractivity contribution in [2.24, 2.45) is 0 Å². The van der Waals surface area contributed by atoms with E-state index in [1.165, 1.54) is 16.3 Å². The molecule has 0 spiro atoms. The van der Waals surface area contributed by atoms with Crippen LogP contribution in [-0.2, 0) is 10.0 Å². The van der Waals surface area contributed by atoms with Gasteiger partial charge in [0.15, 0.2) is 5.76 Å². The third-order valence-corrected chi connectivity index (χ3v) is 6.00. The quantitative estimate of drug-likeness (QED) is 0.735. The first-order chi connectivity index (χ1) is 11.7. The predicted molar refractivity (Wildman–Crippen MR) is 98.2 cm³/mol. The van der Waals surface area contributed by atoms with E-state index in [0.29, 0.717) is 10.8 Å². The molecule has 2 rings (SSSR count). The summed E-state index contributed by atoms with van der Waals surface area (Å²) in [7, 11) is -0.146. The van der Waals surface area contributed by atoms with Gasteiger partial charge in [-0.1, -0.05) is 11.6 Å². The van der Waals surface area contributed by atoms with Crippen molar-refractivity contribution in [1.82, 2.24) is 9.21 Å². The van der Waals surface area contributed by atoms with Gasteiger partial charge >= 0.3 is 0 Å². The maximum absolute atomic E-state index is 12.4. The van der Waals surface area contributed by atoms with Crippen LogP contribution in [0.4, 0.5) is 0 Å². The number of nitrogens with zero attached hydrogens (tertiary/aromatic N) is 2. The SMILES string of the molecule is CCS(=O)(=O)N(C)CCN(C)C(=O)c1ccc(-c2ccc(Cl)cc2)o1. The van der Waals surface area contributed by atoms with Gasteiger partial charge in [-0.05, 0) is 43.3 Å². The van der Waals surface area contributed by atoms with E-state index in [-0.39, 0.29) is 30.5 Å². The molecule has 1 amide bonds. The molecule has 0 saturated carbocycles. The zero-order valence-electron chi connectivity index (χ0n) is 14.4. The van der Waals surface area contributed by atoms with Crippen molar-refractivity contribution in [1.29, 1.82) is 0 Å². The Kier molecular flexibility index (Phi) is 6.26. The summed E-state index contributed by atoms with van der Waals surface area (Å²) in [6, 6.07) is 10.4. The molecular formula is C17H21ClN2O4S. The normalized spacial score (nSPS) is 11.7. The van der Waals surface area contributed by atoms with E-state index in [1.54, 1.807) is 38.2 Å². The van der Waals surface area contributed by atoms with Crippen LogP contribution in [0.5, 0.6) is 0 Å². The van der Waals surface area contributed by atoms with Crippen LogP contribution in [0.25, 0.3) is 11.3 Å². The molecule has 0 radical (unpaired) electrons. The number of carbonyl (C=O) groups is 1. The molecule has 2 aromatic rings. The lowest BCUT2D eigenvalue weighted by Gasteiger charge is -2.21. The molecular weight excluding hydrogens is 364 g/mol. The number of sulfonamides is 1. The van der Waals surface area contributed by atoms with Gasteiger partial charge in [0.05, 0.1) is 5.75 Å². The van der Waals surface area contributed by atoms with E-state index in [1.807, 2.05) is 12.1 Å². The molecule has 0 bridgehead atoms. The zero-order chi connectivity index (χ0) is 18.6. The Morgan fingerprint density at radius 1 is 1.08 bits per heavy atom. The maximum Gasteiger partial charge on any atom is 0.289 e. The molecule has 8 heteroatoms. The van der Waals surface area contributed by atoms with Crippen LogP contribution < -0.4 is 0 Å². The lowest BCUT2D eigenvalue weighted by Crippen LogP contribution is -2.37. The highest BCUT2D eigenvalue weighted by Gasteiger charge is 2.20. The lowest BCUT2D eigenvalue weighted by molar-refractivity contribution is 0.0760. The molecule has 136 valence electrons. The standard InChI is InChI=1S/C17H21ClN2O4S/c1-4-25(22,23)20(3)12-11-19(2)17(21)16-10-9-15(24-16)13-5-7-14(18)8-6-13/h5-10H,4,11-12H2,1-3H3. The summed E-state index contributed by atoms with van der Waals surface area (Å²) in [6.45, 7) is 2.08. The summed E-state index contributed by atoms with van der Waals surface area (Å²) in [6.07, 6.45) is 0. The van der Waals surface area contributed by atoms with Crippen LogP contribution in [0.1, 0.15) is 17.5 Å². The Bertz CT molecular complexity index is 831. The van der Waals surface area contributed by atoms with E-state index in [9.17, 15) is 13.2 Å². The van der Waals surface area contributed by atoms with Crippen molar-refractivity contribution in [2.45, 2.75) is 6.92 Å². The molecule has 1 aromatic heterocycles. The molecule has 1 aromatic carbocycles. The van der Waals surface area contributed by atoms with Gasteiger partial charge in [0, 0.05) is 37.8 Å². The van der Waals surface area contributed by atoms with Crippen molar-refractivity contribution in [3.05, 3.63) is 47.2 Å². The Morgan fingerprint density at radius 3 is 2.32 bits per heavy atom. The van der Waals surface area contributed by atoms with Crippen LogP contribution in [0.15, 0.2) is 40.8 Å². The van der Waals surface area contributed by atoms with Gasteiger partial charge in [-0.15, -0.1) is 0 Å². The third kappa shape index (κ3) is 4.84. The fourth-order valence-electron chi connectivity index (χ4n) is 2.16. The average molecular weight is 385 g/mol. The Balaban J connectivity index is 2.02. The number of rotatable bonds is 7. The van der Waals surface area contributed by atoms with Gasteiger partial charge in [-0.2, -0.15) is 0 Å². The minimum absolute atomic E-state index is 0.0315. The van der Waals surface area contributed by atoms with Crippen LogP contribution >= 0.6 is 11.6 Å². The fraction of sp³-hybridized carbons (Fsp3) is 0.353. The molecule has 0 N–H and O–H groups in total. The first kappa shape index (κ1) is 19.5. The van der Waals surface area contributed by atoms with E-state index >= 15 is 0 Å². The van der Waals surface area contributed by atoms with Gasteiger partial charge in [0.2, 0.25) is 10.0 Å². The molecule has 1 heterocycles. The fourth-order valence-corrected chi connectivity index (χ4v) is 3.09. The molecule has 25 heavy (non-hydrogen) atoms. The first-order valence-electron chi connectivity index (χ1n) is 7.80. The molecule has 0 atom stereocenters. The summed E-state index contributed by atoms with van der Waals surface area (Å²) < 4.78 is 30.3. The number of carbonyl (C=O) groups excluding carboxylic acids is 1. The van der Waals surface area contributed by atoms with E-state index in [4.69, 9.17) is 16.0 Å². The van der Waals surface area contributed by atoms with Crippen LogP contribution in [0, 0.1) is 0 Å². The number of benzene rings is 1. The summed E-state index contributed by atoms with van der Waals surface area (Å²) in [5.41, 5.74) is 0.819. The van der Waals surface area contributed by atoms with Crippen LogP contribution in [0.3, 0.4) is 0 Å². The van der Waals surface area contributed by atoms with Crippen molar-refractivity contribution in [3.8, 4) is 11.3 Å². The van der Waals surface area contributed by atoms with Crippen molar-refractivity contribution in [2.75, 3.05) is 32.9 Å². The monoisotopic (exact) mass is 384 g/mol. The summed E-state index contributed by atoms with van der Waals surface area (Å²) in [5.74, 6) is 0.499. The number of likely N-dealkylation sites (N-methyl/N-ethyl adjacent to an activating group) is 2. The molecule has 0 unspecified atom stereocenters. The van der Waals surface area contributed by atoms with E-state index in [0.717, 1.165) is 5.56 Å². The number of hydrogen-bond donors (Lipinski definition) is 0. The summed E-state index contributed by atoms with van der Waals surface area (Å²) in [5, 5.41) is 0.623. The van der Waals surface area contributed by atoms with E-state index < -0.39 is 10.0 Å². The largest absolute Gasteiger partial charge is 0.451 e.